The topological polar surface area (TPSA) is 70.2 Å². The Bertz CT molecular complexity index is 784. The summed E-state index contributed by atoms with van der Waals surface area (Å²) >= 11 is 1.29. The van der Waals surface area contributed by atoms with Gasteiger partial charge in [-0.1, -0.05) is 42.1 Å². The van der Waals surface area contributed by atoms with E-state index in [1.807, 2.05) is 43.4 Å². The third kappa shape index (κ3) is 3.14. The first-order chi connectivity index (χ1) is 11.2. The van der Waals surface area contributed by atoms with E-state index < -0.39 is 5.25 Å². The lowest BCUT2D eigenvalue weighted by atomic mass is 10.1. The Morgan fingerprint density at radius 3 is 2.65 bits per heavy atom. The summed E-state index contributed by atoms with van der Waals surface area (Å²) in [6.07, 6.45) is 1.58. The van der Waals surface area contributed by atoms with Crippen LogP contribution in [0.5, 0.6) is 0 Å². The highest BCUT2D eigenvalue weighted by Crippen LogP contribution is 2.36. The third-order valence-corrected chi connectivity index (χ3v) is 4.58. The summed E-state index contributed by atoms with van der Waals surface area (Å²) < 4.78 is 12.1. The molecule has 3 aromatic rings. The van der Waals surface area contributed by atoms with Crippen molar-refractivity contribution in [2.45, 2.75) is 10.4 Å². The van der Waals surface area contributed by atoms with E-state index >= 15 is 0 Å². The first-order valence-corrected chi connectivity index (χ1v) is 7.81. The van der Waals surface area contributed by atoms with E-state index in [0.717, 1.165) is 5.56 Å². The Hall–Kier alpha value is -2.54. The molecule has 7 heteroatoms. The van der Waals surface area contributed by atoms with Gasteiger partial charge in [-0.25, -0.2) is 0 Å². The number of carbonyl (C=O) groups is 1. The van der Waals surface area contributed by atoms with Crippen molar-refractivity contribution in [1.82, 2.24) is 14.8 Å². The average Bonchev–Trinajstić information content (AvgIpc) is 3.23. The van der Waals surface area contributed by atoms with Gasteiger partial charge >= 0.3 is 5.97 Å². The van der Waals surface area contributed by atoms with Gasteiger partial charge in [0.2, 0.25) is 0 Å². The van der Waals surface area contributed by atoms with E-state index in [9.17, 15) is 4.79 Å². The highest BCUT2D eigenvalue weighted by atomic mass is 32.2. The number of furan rings is 1. The van der Waals surface area contributed by atoms with Gasteiger partial charge in [0, 0.05) is 7.05 Å². The van der Waals surface area contributed by atoms with E-state index in [2.05, 4.69) is 10.2 Å². The van der Waals surface area contributed by atoms with Gasteiger partial charge in [0.05, 0.1) is 13.4 Å². The molecule has 0 aliphatic heterocycles. The molecule has 0 bridgehead atoms. The zero-order chi connectivity index (χ0) is 16.2. The maximum absolute atomic E-state index is 12.1. The molecule has 3 rings (SSSR count). The fourth-order valence-corrected chi connectivity index (χ4v) is 3.16. The van der Waals surface area contributed by atoms with Crippen LogP contribution in [0.1, 0.15) is 10.8 Å². The summed E-state index contributed by atoms with van der Waals surface area (Å²) in [7, 11) is 3.21. The quantitative estimate of drug-likeness (QED) is 0.529. The second-order valence-corrected chi connectivity index (χ2v) is 5.85. The van der Waals surface area contributed by atoms with Crippen molar-refractivity contribution in [2.75, 3.05) is 7.11 Å². The molecular weight excluding hydrogens is 314 g/mol. The maximum atomic E-state index is 12.1. The highest BCUT2D eigenvalue weighted by Gasteiger charge is 2.26. The molecule has 6 nitrogen and oxygen atoms in total. The fourth-order valence-electron chi connectivity index (χ4n) is 2.13. The molecular formula is C16H15N3O3S. The monoisotopic (exact) mass is 329 g/mol. The van der Waals surface area contributed by atoms with Crippen molar-refractivity contribution in [2.24, 2.45) is 7.05 Å². The van der Waals surface area contributed by atoms with Gasteiger partial charge in [-0.3, -0.25) is 4.79 Å². The standard InChI is InChI=1S/C16H15N3O3S/c1-19-14(12-9-6-10-22-12)17-18-16(19)23-13(15(20)21-2)11-7-4-3-5-8-11/h3-10,13H,1-2H3. The molecule has 0 saturated carbocycles. The average molecular weight is 329 g/mol. The van der Waals surface area contributed by atoms with Gasteiger partial charge in [0.1, 0.15) is 5.25 Å². The lowest BCUT2D eigenvalue weighted by Crippen LogP contribution is -2.12. The zero-order valence-electron chi connectivity index (χ0n) is 12.7. The van der Waals surface area contributed by atoms with Crippen LogP contribution in [0.4, 0.5) is 0 Å². The van der Waals surface area contributed by atoms with Crippen LogP contribution in [0.15, 0.2) is 58.3 Å². The van der Waals surface area contributed by atoms with Crippen molar-refractivity contribution < 1.29 is 13.9 Å². The number of thioether (sulfide) groups is 1. The van der Waals surface area contributed by atoms with Gasteiger partial charge < -0.3 is 13.7 Å². The van der Waals surface area contributed by atoms with E-state index in [-0.39, 0.29) is 5.97 Å². The lowest BCUT2D eigenvalue weighted by Gasteiger charge is -2.13. The molecule has 0 N–H and O–H groups in total. The predicted octanol–water partition coefficient (Wildman–Crippen LogP) is 3.08. The number of methoxy groups -OCH3 is 1. The number of hydrogen-bond donors (Lipinski definition) is 0. The van der Waals surface area contributed by atoms with Gasteiger partial charge in [-0.05, 0) is 17.7 Å². The molecule has 1 unspecified atom stereocenters. The van der Waals surface area contributed by atoms with Gasteiger partial charge in [-0.2, -0.15) is 0 Å². The Morgan fingerprint density at radius 2 is 2.00 bits per heavy atom. The van der Waals surface area contributed by atoms with Crippen LogP contribution in [0.25, 0.3) is 11.6 Å². The minimum absolute atomic E-state index is 0.330. The summed E-state index contributed by atoms with van der Waals surface area (Å²) in [5, 5.41) is 8.40. The van der Waals surface area contributed by atoms with Crippen LogP contribution in [0.2, 0.25) is 0 Å². The van der Waals surface area contributed by atoms with Crippen LogP contribution < -0.4 is 0 Å². The summed E-state index contributed by atoms with van der Waals surface area (Å²) in [5.74, 6) is 0.902. The molecule has 118 valence electrons. The number of benzene rings is 1. The minimum Gasteiger partial charge on any atom is -0.468 e. The van der Waals surface area contributed by atoms with Crippen molar-refractivity contribution in [3.05, 3.63) is 54.3 Å². The Morgan fingerprint density at radius 1 is 1.22 bits per heavy atom. The largest absolute Gasteiger partial charge is 0.468 e. The molecule has 0 spiro atoms. The number of aromatic nitrogens is 3. The number of hydrogen-bond acceptors (Lipinski definition) is 6. The number of esters is 1. The van der Waals surface area contributed by atoms with Crippen LogP contribution in [-0.4, -0.2) is 27.8 Å². The highest BCUT2D eigenvalue weighted by molar-refractivity contribution is 8.00. The maximum Gasteiger partial charge on any atom is 0.323 e. The Labute approximate surface area is 137 Å². The molecule has 0 aliphatic rings. The molecule has 0 aliphatic carbocycles. The van der Waals surface area contributed by atoms with E-state index in [4.69, 9.17) is 9.15 Å². The van der Waals surface area contributed by atoms with Crippen molar-refractivity contribution >= 4 is 17.7 Å². The van der Waals surface area contributed by atoms with Crippen molar-refractivity contribution in [3.63, 3.8) is 0 Å². The van der Waals surface area contributed by atoms with Crippen LogP contribution in [0, 0.1) is 0 Å². The summed E-state index contributed by atoms with van der Waals surface area (Å²) in [4.78, 5) is 12.1. The first-order valence-electron chi connectivity index (χ1n) is 6.93. The molecule has 2 aromatic heterocycles. The van der Waals surface area contributed by atoms with Gasteiger partial charge in [0.25, 0.3) is 0 Å². The molecule has 0 amide bonds. The summed E-state index contributed by atoms with van der Waals surface area (Å²) in [5.41, 5.74) is 0.854. The first kappa shape index (κ1) is 15.4. The van der Waals surface area contributed by atoms with Gasteiger partial charge in [0.15, 0.2) is 16.7 Å². The molecule has 1 aromatic carbocycles. The second-order valence-electron chi connectivity index (χ2n) is 4.77. The van der Waals surface area contributed by atoms with Crippen LogP contribution in [0.3, 0.4) is 0 Å². The van der Waals surface area contributed by atoms with Crippen LogP contribution >= 0.6 is 11.8 Å². The third-order valence-electron chi connectivity index (χ3n) is 3.32. The minimum atomic E-state index is -0.506. The second kappa shape index (κ2) is 6.70. The number of nitrogens with zero attached hydrogens (tertiary/aromatic N) is 3. The van der Waals surface area contributed by atoms with Crippen LogP contribution in [-0.2, 0) is 16.6 Å². The Kier molecular flexibility index (Phi) is 4.47. The zero-order valence-corrected chi connectivity index (χ0v) is 13.5. The SMILES string of the molecule is COC(=O)C(Sc1nnc(-c2ccco2)n1C)c1ccccc1. The van der Waals surface area contributed by atoms with Crippen molar-refractivity contribution in [3.8, 4) is 11.6 Å². The number of rotatable bonds is 5. The normalized spacial score (nSPS) is 12.1. The fraction of sp³-hybridized carbons (Fsp3) is 0.188. The van der Waals surface area contributed by atoms with E-state index in [0.29, 0.717) is 16.7 Å². The Balaban J connectivity index is 1.91. The lowest BCUT2D eigenvalue weighted by molar-refractivity contribution is -0.140. The molecule has 0 fully saturated rings. The predicted molar refractivity (Wildman–Crippen MR) is 85.8 cm³/mol. The smallest absolute Gasteiger partial charge is 0.323 e. The van der Waals surface area contributed by atoms with E-state index in [1.165, 1.54) is 18.9 Å². The number of ether oxygens (including phenoxy) is 1. The number of carbonyl (C=O) groups excluding carboxylic acids is 1. The molecule has 23 heavy (non-hydrogen) atoms. The molecule has 0 radical (unpaired) electrons. The molecule has 2 heterocycles. The van der Waals surface area contributed by atoms with E-state index in [1.54, 1.807) is 16.9 Å². The summed E-state index contributed by atoms with van der Waals surface area (Å²) in [6, 6.07) is 13.1. The van der Waals surface area contributed by atoms with Gasteiger partial charge in [-0.15, -0.1) is 10.2 Å². The molecule has 1 atom stereocenters. The molecule has 0 saturated heterocycles. The van der Waals surface area contributed by atoms with Crippen molar-refractivity contribution in [1.29, 1.82) is 0 Å². The summed E-state index contributed by atoms with van der Waals surface area (Å²) in [6.45, 7) is 0.